The van der Waals surface area contributed by atoms with Gasteiger partial charge in [-0.25, -0.2) is 14.3 Å². The lowest BCUT2D eigenvalue weighted by Gasteiger charge is -2.14. The monoisotopic (exact) mass is 554 g/mol. The molecular formula is C29H26N6O6. The van der Waals surface area contributed by atoms with Gasteiger partial charge in [0.05, 0.1) is 27.0 Å². The van der Waals surface area contributed by atoms with Crippen LogP contribution < -0.4 is 24.8 Å². The fourth-order valence-electron chi connectivity index (χ4n) is 4.41. The van der Waals surface area contributed by atoms with Crippen LogP contribution in [0.15, 0.2) is 67.1 Å². The molecule has 41 heavy (non-hydrogen) atoms. The van der Waals surface area contributed by atoms with Crippen molar-refractivity contribution in [3.63, 3.8) is 0 Å². The Balaban J connectivity index is 1.46. The number of hydrogen-bond acceptors (Lipinski definition) is 9. The molecule has 0 aliphatic heterocycles. The Morgan fingerprint density at radius 1 is 0.927 bits per heavy atom. The van der Waals surface area contributed by atoms with E-state index in [1.165, 1.54) is 33.7 Å². The van der Waals surface area contributed by atoms with Gasteiger partial charge in [0.15, 0.2) is 11.4 Å². The molecule has 0 atom stereocenters. The number of aromatic nitrogens is 4. The Kier molecular flexibility index (Phi) is 7.37. The molecular weight excluding hydrogens is 528 g/mol. The predicted molar refractivity (Wildman–Crippen MR) is 152 cm³/mol. The zero-order valence-electron chi connectivity index (χ0n) is 22.6. The van der Waals surface area contributed by atoms with E-state index in [9.17, 15) is 14.7 Å². The number of nitrogens with one attached hydrogen (secondary N) is 2. The zero-order chi connectivity index (χ0) is 29.1. The summed E-state index contributed by atoms with van der Waals surface area (Å²) < 4.78 is 17.5. The van der Waals surface area contributed by atoms with E-state index < -0.39 is 5.97 Å². The largest absolute Gasteiger partial charge is 0.495 e. The summed E-state index contributed by atoms with van der Waals surface area (Å²) >= 11 is 0. The van der Waals surface area contributed by atoms with E-state index in [1.54, 1.807) is 47.8 Å². The van der Waals surface area contributed by atoms with Crippen LogP contribution in [0.1, 0.15) is 26.3 Å². The van der Waals surface area contributed by atoms with Gasteiger partial charge in [-0.2, -0.15) is 10.1 Å². The van der Waals surface area contributed by atoms with E-state index in [1.807, 2.05) is 18.3 Å². The highest BCUT2D eigenvalue weighted by Gasteiger charge is 2.18. The SMILES string of the molecule is COc1ccc(Nc2cc(-c3cccc(C(=O)Nc4ccc(C(=O)O)c(OC)c4C)c3)cn3ncnc23)nc1OC. The Labute approximate surface area is 234 Å². The number of ether oxygens (including phenoxy) is 3. The Morgan fingerprint density at radius 3 is 2.49 bits per heavy atom. The summed E-state index contributed by atoms with van der Waals surface area (Å²) in [5.74, 6) is 0.0495. The molecule has 0 radical (unpaired) electrons. The van der Waals surface area contributed by atoms with Crippen molar-refractivity contribution in [3.05, 3.63) is 83.8 Å². The summed E-state index contributed by atoms with van der Waals surface area (Å²) in [6.45, 7) is 1.69. The summed E-state index contributed by atoms with van der Waals surface area (Å²) in [7, 11) is 4.44. The second kappa shape index (κ2) is 11.2. The standard InChI is InChI=1S/C29H26N6O6/c1-16-21(9-8-20(29(37)38)25(16)40-3)33-27(36)18-7-5-6-17(12-18)19-13-22(26-30-15-31-35(26)14-19)32-24-11-10-23(39-2)28(34-24)41-4/h5-15H,1-4H3,(H,32,34)(H,33,36)(H,37,38). The molecule has 1 amide bonds. The fraction of sp³-hybridized carbons (Fsp3) is 0.138. The van der Waals surface area contributed by atoms with Gasteiger partial charge in [-0.1, -0.05) is 12.1 Å². The lowest BCUT2D eigenvalue weighted by atomic mass is 10.0. The number of aromatic carboxylic acids is 1. The highest BCUT2D eigenvalue weighted by atomic mass is 16.5. The first-order valence-corrected chi connectivity index (χ1v) is 12.3. The first-order chi connectivity index (χ1) is 19.8. The second-order valence-corrected chi connectivity index (χ2v) is 8.86. The molecule has 3 N–H and O–H groups in total. The smallest absolute Gasteiger partial charge is 0.339 e. The molecule has 0 saturated carbocycles. The topological polar surface area (TPSA) is 149 Å². The third-order valence-corrected chi connectivity index (χ3v) is 6.42. The van der Waals surface area contributed by atoms with Gasteiger partial charge in [-0.3, -0.25) is 4.79 Å². The highest BCUT2D eigenvalue weighted by Crippen LogP contribution is 2.32. The lowest BCUT2D eigenvalue weighted by Crippen LogP contribution is -2.14. The molecule has 0 fully saturated rings. The van der Waals surface area contributed by atoms with E-state index in [0.29, 0.717) is 45.6 Å². The van der Waals surface area contributed by atoms with Crippen LogP contribution in [0.4, 0.5) is 17.2 Å². The van der Waals surface area contributed by atoms with Gasteiger partial charge in [0.25, 0.3) is 11.8 Å². The fourth-order valence-corrected chi connectivity index (χ4v) is 4.41. The Bertz CT molecular complexity index is 1780. The molecule has 0 aliphatic rings. The van der Waals surface area contributed by atoms with Crippen LogP contribution in [0, 0.1) is 6.92 Å². The van der Waals surface area contributed by atoms with Crippen LogP contribution in [0.25, 0.3) is 16.8 Å². The molecule has 0 unspecified atom stereocenters. The average molecular weight is 555 g/mol. The maximum absolute atomic E-state index is 13.2. The highest BCUT2D eigenvalue weighted by molar-refractivity contribution is 6.06. The van der Waals surface area contributed by atoms with Crippen molar-refractivity contribution in [1.29, 1.82) is 0 Å². The van der Waals surface area contributed by atoms with E-state index >= 15 is 0 Å². The number of rotatable bonds is 9. The van der Waals surface area contributed by atoms with E-state index in [-0.39, 0.29) is 17.2 Å². The van der Waals surface area contributed by atoms with Gasteiger partial charge >= 0.3 is 5.97 Å². The number of nitrogens with zero attached hydrogens (tertiary/aromatic N) is 4. The second-order valence-electron chi connectivity index (χ2n) is 8.86. The zero-order valence-corrected chi connectivity index (χ0v) is 22.6. The summed E-state index contributed by atoms with van der Waals surface area (Å²) in [5.41, 5.74) is 4.11. The van der Waals surface area contributed by atoms with E-state index in [2.05, 4.69) is 25.7 Å². The molecule has 5 aromatic rings. The number of amides is 1. The molecule has 208 valence electrons. The van der Waals surface area contributed by atoms with Crippen LogP contribution in [0.2, 0.25) is 0 Å². The van der Waals surface area contributed by atoms with Gasteiger partial charge in [0, 0.05) is 28.6 Å². The molecule has 3 aromatic heterocycles. The Morgan fingerprint density at radius 2 is 1.76 bits per heavy atom. The molecule has 0 saturated heterocycles. The maximum Gasteiger partial charge on any atom is 0.339 e. The quantitative estimate of drug-likeness (QED) is 0.231. The maximum atomic E-state index is 13.2. The minimum atomic E-state index is -1.12. The summed E-state index contributed by atoms with van der Waals surface area (Å²) in [6, 6.07) is 15.4. The lowest BCUT2D eigenvalue weighted by molar-refractivity contribution is 0.0693. The van der Waals surface area contributed by atoms with Crippen LogP contribution >= 0.6 is 0 Å². The first kappa shape index (κ1) is 26.9. The van der Waals surface area contributed by atoms with Gasteiger partial charge in [0.2, 0.25) is 0 Å². The first-order valence-electron chi connectivity index (χ1n) is 12.3. The van der Waals surface area contributed by atoms with Crippen molar-refractivity contribution >= 4 is 34.7 Å². The average Bonchev–Trinajstić information content (AvgIpc) is 3.47. The molecule has 12 nitrogen and oxygen atoms in total. The number of carboxylic acid groups (broad SMARTS) is 1. The predicted octanol–water partition coefficient (Wildman–Crippen LogP) is 4.82. The van der Waals surface area contributed by atoms with Crippen LogP contribution in [0.5, 0.6) is 17.4 Å². The minimum Gasteiger partial charge on any atom is -0.495 e. The van der Waals surface area contributed by atoms with Crippen LogP contribution in [0.3, 0.4) is 0 Å². The van der Waals surface area contributed by atoms with E-state index in [4.69, 9.17) is 14.2 Å². The normalized spacial score (nSPS) is 10.7. The van der Waals surface area contributed by atoms with Crippen molar-refractivity contribution in [2.45, 2.75) is 6.92 Å². The third-order valence-electron chi connectivity index (χ3n) is 6.42. The third kappa shape index (κ3) is 5.30. The summed E-state index contributed by atoms with van der Waals surface area (Å²) in [4.78, 5) is 33.5. The number of methoxy groups -OCH3 is 3. The molecule has 2 aromatic carbocycles. The Hall–Kier alpha value is -5.65. The van der Waals surface area contributed by atoms with Gasteiger partial charge in [-0.05, 0) is 55.0 Å². The number of carbonyl (C=O) groups is 2. The number of benzene rings is 2. The molecule has 3 heterocycles. The van der Waals surface area contributed by atoms with Crippen LogP contribution in [-0.4, -0.2) is 57.9 Å². The molecule has 5 rings (SSSR count). The number of carboxylic acids is 1. The van der Waals surface area contributed by atoms with Crippen molar-refractivity contribution < 1.29 is 28.9 Å². The number of carbonyl (C=O) groups excluding carboxylic acids is 1. The minimum absolute atomic E-state index is 0.0150. The molecule has 0 bridgehead atoms. The van der Waals surface area contributed by atoms with Crippen molar-refractivity contribution in [2.24, 2.45) is 0 Å². The number of pyridine rings is 2. The van der Waals surface area contributed by atoms with Gasteiger partial charge in [-0.15, -0.1) is 0 Å². The molecule has 12 heteroatoms. The van der Waals surface area contributed by atoms with Crippen molar-refractivity contribution in [2.75, 3.05) is 32.0 Å². The number of hydrogen-bond donors (Lipinski definition) is 3. The van der Waals surface area contributed by atoms with Gasteiger partial charge in [0.1, 0.15) is 23.5 Å². The number of anilines is 3. The number of fused-ring (bicyclic) bond motifs is 1. The molecule has 0 spiro atoms. The van der Waals surface area contributed by atoms with Gasteiger partial charge < -0.3 is 30.0 Å². The molecule has 0 aliphatic carbocycles. The van der Waals surface area contributed by atoms with Crippen molar-refractivity contribution in [1.82, 2.24) is 19.6 Å². The van der Waals surface area contributed by atoms with Crippen LogP contribution in [-0.2, 0) is 0 Å². The van der Waals surface area contributed by atoms with E-state index in [0.717, 1.165) is 11.1 Å². The summed E-state index contributed by atoms with van der Waals surface area (Å²) in [5, 5.41) is 19.8. The summed E-state index contributed by atoms with van der Waals surface area (Å²) in [6.07, 6.45) is 3.26. The van der Waals surface area contributed by atoms with Crippen molar-refractivity contribution in [3.8, 4) is 28.5 Å².